The Balaban J connectivity index is 1.64. The quantitative estimate of drug-likeness (QED) is 0.446. The molecule has 0 saturated carbocycles. The number of likely N-dealkylation sites (tertiary alicyclic amines) is 1. The van der Waals surface area contributed by atoms with E-state index in [1.807, 2.05) is 7.05 Å². The van der Waals surface area contributed by atoms with Gasteiger partial charge in [0.1, 0.15) is 0 Å². The zero-order valence-electron chi connectivity index (χ0n) is 15.1. The van der Waals surface area contributed by atoms with Gasteiger partial charge in [0, 0.05) is 39.3 Å². The number of nitrogens with zero attached hydrogens (tertiary/aromatic N) is 2. The molecule has 0 unspecified atom stereocenters. The minimum atomic E-state index is 0.548. The first-order valence-electron chi connectivity index (χ1n) is 9.12. The number of nitrogens with one attached hydrogen (secondary N) is 2. The Labute approximate surface area is 141 Å². The molecule has 2 heterocycles. The van der Waals surface area contributed by atoms with E-state index in [9.17, 15) is 0 Å². The number of hydrogen-bond acceptors (Lipinski definition) is 3. The average molecular weight is 322 g/mol. The fraction of sp³-hybridized carbons (Fsp3) is 0.833. The summed E-state index contributed by atoms with van der Waals surface area (Å²) in [7, 11) is 1.86. The first-order valence-corrected chi connectivity index (χ1v) is 9.12. The first kappa shape index (κ1) is 18.3. The molecule has 0 bridgehead atoms. The molecule has 2 aliphatic rings. The Bertz CT molecular complexity index is 398. The van der Waals surface area contributed by atoms with Crippen molar-refractivity contribution in [2.24, 2.45) is 10.9 Å². The van der Waals surface area contributed by atoms with Crippen LogP contribution in [0.2, 0.25) is 0 Å². The van der Waals surface area contributed by atoms with Gasteiger partial charge in [-0.25, -0.2) is 0 Å². The van der Waals surface area contributed by atoms with E-state index in [-0.39, 0.29) is 0 Å². The second-order valence-electron chi connectivity index (χ2n) is 7.05. The van der Waals surface area contributed by atoms with Gasteiger partial charge in [0.15, 0.2) is 5.96 Å². The molecule has 0 aromatic heterocycles. The summed E-state index contributed by atoms with van der Waals surface area (Å²) < 4.78 is 5.34. The van der Waals surface area contributed by atoms with Gasteiger partial charge in [0.25, 0.3) is 0 Å². The molecule has 1 saturated heterocycles. The van der Waals surface area contributed by atoms with E-state index in [4.69, 9.17) is 4.74 Å². The highest BCUT2D eigenvalue weighted by Crippen LogP contribution is 2.12. The van der Waals surface area contributed by atoms with Crippen LogP contribution in [0.3, 0.4) is 0 Å². The van der Waals surface area contributed by atoms with E-state index in [0.717, 1.165) is 44.5 Å². The molecular formula is C18H34N4O. The Hall–Kier alpha value is -1.07. The third-order valence-corrected chi connectivity index (χ3v) is 4.57. The van der Waals surface area contributed by atoms with Crippen LogP contribution in [0.15, 0.2) is 16.6 Å². The van der Waals surface area contributed by atoms with Gasteiger partial charge >= 0.3 is 0 Å². The van der Waals surface area contributed by atoms with Gasteiger partial charge in [-0.1, -0.05) is 25.5 Å². The summed E-state index contributed by atoms with van der Waals surface area (Å²) in [4.78, 5) is 6.95. The zero-order valence-corrected chi connectivity index (χ0v) is 15.1. The molecule has 0 aromatic rings. The Morgan fingerprint density at radius 3 is 2.78 bits per heavy atom. The molecule has 0 spiro atoms. The summed E-state index contributed by atoms with van der Waals surface area (Å²) in [5, 5.41) is 7.04. The number of guanidine groups is 1. The Morgan fingerprint density at radius 1 is 1.39 bits per heavy atom. The summed E-state index contributed by atoms with van der Waals surface area (Å²) in [6.07, 6.45) is 6.77. The van der Waals surface area contributed by atoms with Crippen molar-refractivity contribution in [3.8, 4) is 0 Å². The maximum absolute atomic E-state index is 5.34. The van der Waals surface area contributed by atoms with Crippen molar-refractivity contribution >= 4 is 5.96 Å². The van der Waals surface area contributed by atoms with E-state index in [1.165, 1.54) is 38.0 Å². The molecule has 1 fully saturated rings. The highest BCUT2D eigenvalue weighted by atomic mass is 16.5. The number of rotatable bonds is 6. The topological polar surface area (TPSA) is 48.9 Å². The van der Waals surface area contributed by atoms with Crippen LogP contribution >= 0.6 is 0 Å². The lowest BCUT2D eigenvalue weighted by molar-refractivity contribution is 0.153. The third kappa shape index (κ3) is 6.92. The van der Waals surface area contributed by atoms with E-state index in [2.05, 4.69) is 40.4 Å². The second-order valence-corrected chi connectivity index (χ2v) is 7.05. The molecule has 0 aromatic carbocycles. The maximum Gasteiger partial charge on any atom is 0.191 e. The molecule has 2 rings (SSSR count). The molecule has 2 N–H and O–H groups in total. The summed E-state index contributed by atoms with van der Waals surface area (Å²) >= 11 is 0. The Kier molecular flexibility index (Phi) is 7.89. The molecule has 2 aliphatic heterocycles. The maximum atomic E-state index is 5.34. The van der Waals surface area contributed by atoms with Crippen LogP contribution in [0.5, 0.6) is 0 Å². The van der Waals surface area contributed by atoms with Crippen molar-refractivity contribution in [2.45, 2.75) is 45.6 Å². The number of ether oxygens (including phenoxy) is 1. The van der Waals surface area contributed by atoms with Gasteiger partial charge in [-0.15, -0.1) is 0 Å². The zero-order chi connectivity index (χ0) is 16.5. The third-order valence-electron chi connectivity index (χ3n) is 4.57. The highest BCUT2D eigenvalue weighted by Gasteiger charge is 2.20. The van der Waals surface area contributed by atoms with Crippen LogP contribution in [0.25, 0.3) is 0 Å². The van der Waals surface area contributed by atoms with Crippen molar-refractivity contribution in [3.63, 3.8) is 0 Å². The van der Waals surface area contributed by atoms with Gasteiger partial charge in [0.2, 0.25) is 0 Å². The first-order chi connectivity index (χ1) is 11.2. The SMILES string of the molecule is CN=C(NCCC1=CCOCC1)NC1CCN(CC(C)C)CC1. The van der Waals surface area contributed by atoms with Gasteiger partial charge in [-0.3, -0.25) is 4.99 Å². The van der Waals surface area contributed by atoms with Crippen molar-refractivity contribution < 1.29 is 4.74 Å². The predicted octanol–water partition coefficient (Wildman–Crippen LogP) is 2.01. The standard InChI is InChI=1S/C18H34N4O/c1-15(2)14-22-10-5-17(6-11-22)21-18(19-3)20-9-4-16-7-12-23-13-8-16/h7,15,17H,4-6,8-14H2,1-3H3,(H2,19,20,21). The Morgan fingerprint density at radius 2 is 2.17 bits per heavy atom. The van der Waals surface area contributed by atoms with Gasteiger partial charge in [0.05, 0.1) is 13.2 Å². The molecule has 0 atom stereocenters. The normalized spacial score (nSPS) is 21.4. The number of hydrogen-bond donors (Lipinski definition) is 2. The fourth-order valence-electron chi connectivity index (χ4n) is 3.30. The monoisotopic (exact) mass is 322 g/mol. The van der Waals surface area contributed by atoms with Crippen LogP contribution in [0.4, 0.5) is 0 Å². The predicted molar refractivity (Wildman–Crippen MR) is 96.9 cm³/mol. The summed E-state index contributed by atoms with van der Waals surface area (Å²) in [5.74, 6) is 1.70. The highest BCUT2D eigenvalue weighted by molar-refractivity contribution is 5.79. The molecule has 0 aliphatic carbocycles. The lowest BCUT2D eigenvalue weighted by Crippen LogP contribution is -2.49. The number of piperidine rings is 1. The molecule has 5 nitrogen and oxygen atoms in total. The molecule has 0 amide bonds. The average Bonchev–Trinajstić information content (AvgIpc) is 2.56. The van der Waals surface area contributed by atoms with Crippen LogP contribution in [-0.2, 0) is 4.74 Å². The van der Waals surface area contributed by atoms with Crippen LogP contribution in [-0.4, -0.2) is 63.3 Å². The fourth-order valence-corrected chi connectivity index (χ4v) is 3.30. The lowest BCUT2D eigenvalue weighted by atomic mass is 10.0. The van der Waals surface area contributed by atoms with Gasteiger partial charge in [-0.05, 0) is 31.6 Å². The summed E-state index contributed by atoms with van der Waals surface area (Å²) in [6, 6.07) is 0.548. The molecule has 132 valence electrons. The van der Waals surface area contributed by atoms with Crippen molar-refractivity contribution in [3.05, 3.63) is 11.6 Å². The molecule has 5 heteroatoms. The van der Waals surface area contributed by atoms with E-state index < -0.39 is 0 Å². The largest absolute Gasteiger partial charge is 0.377 e. The van der Waals surface area contributed by atoms with Crippen molar-refractivity contribution in [1.82, 2.24) is 15.5 Å². The summed E-state index contributed by atoms with van der Waals surface area (Å²) in [5.41, 5.74) is 1.50. The van der Waals surface area contributed by atoms with Crippen molar-refractivity contribution in [1.29, 1.82) is 0 Å². The lowest BCUT2D eigenvalue weighted by Gasteiger charge is -2.34. The molecule has 0 radical (unpaired) electrons. The molecule has 23 heavy (non-hydrogen) atoms. The van der Waals surface area contributed by atoms with Crippen LogP contribution < -0.4 is 10.6 Å². The van der Waals surface area contributed by atoms with E-state index >= 15 is 0 Å². The van der Waals surface area contributed by atoms with Gasteiger partial charge in [-0.2, -0.15) is 0 Å². The molecular weight excluding hydrogens is 288 g/mol. The minimum absolute atomic E-state index is 0.548. The second kappa shape index (κ2) is 9.93. The summed E-state index contributed by atoms with van der Waals surface area (Å²) in [6.45, 7) is 10.8. The van der Waals surface area contributed by atoms with E-state index in [1.54, 1.807) is 0 Å². The van der Waals surface area contributed by atoms with Crippen LogP contribution in [0, 0.1) is 5.92 Å². The van der Waals surface area contributed by atoms with Crippen LogP contribution in [0.1, 0.15) is 39.5 Å². The van der Waals surface area contributed by atoms with E-state index in [0.29, 0.717) is 6.04 Å². The minimum Gasteiger partial charge on any atom is -0.377 e. The smallest absolute Gasteiger partial charge is 0.191 e. The van der Waals surface area contributed by atoms with Crippen molar-refractivity contribution in [2.75, 3.05) is 46.4 Å². The number of aliphatic imine (C=N–C) groups is 1. The van der Waals surface area contributed by atoms with Gasteiger partial charge < -0.3 is 20.3 Å².